The monoisotopic (exact) mass is 269 g/mol. The summed E-state index contributed by atoms with van der Waals surface area (Å²) >= 11 is 0. The minimum absolute atomic E-state index is 0.261. The van der Waals surface area contributed by atoms with E-state index in [0.29, 0.717) is 24.0 Å². The summed E-state index contributed by atoms with van der Waals surface area (Å²) < 4.78 is 0. The second-order valence-electron chi connectivity index (χ2n) is 7.35. The fourth-order valence-electron chi connectivity index (χ4n) is 3.36. The van der Waals surface area contributed by atoms with Gasteiger partial charge in [-0.1, -0.05) is 20.8 Å². The highest BCUT2D eigenvalue weighted by Gasteiger charge is 2.32. The summed E-state index contributed by atoms with van der Waals surface area (Å²) in [5, 5.41) is 8.86. The standard InChI is InChI=1S/C16H31NO2/c1-12(2)17(11-10-15(18)19)14-8-6-13(7-9-14)16(3,4)5/h12-14H,6-11H2,1-5H3,(H,18,19). The van der Waals surface area contributed by atoms with Crippen LogP contribution >= 0.6 is 0 Å². The molecule has 0 radical (unpaired) electrons. The van der Waals surface area contributed by atoms with Crippen molar-refractivity contribution in [2.45, 2.75) is 78.8 Å². The second kappa shape index (κ2) is 6.74. The molecule has 0 unspecified atom stereocenters. The molecule has 0 aromatic heterocycles. The van der Waals surface area contributed by atoms with Crippen LogP contribution in [0.15, 0.2) is 0 Å². The van der Waals surface area contributed by atoms with Gasteiger partial charge in [0, 0.05) is 18.6 Å². The summed E-state index contributed by atoms with van der Waals surface area (Å²) in [6.45, 7) is 12.1. The number of carboxylic acid groups (broad SMARTS) is 1. The predicted octanol–water partition coefficient (Wildman–Crippen LogP) is 3.78. The molecule has 0 heterocycles. The lowest BCUT2D eigenvalue weighted by atomic mass is 9.71. The lowest BCUT2D eigenvalue weighted by Gasteiger charge is -2.42. The second-order valence-corrected chi connectivity index (χ2v) is 7.35. The number of rotatable bonds is 5. The van der Waals surface area contributed by atoms with Crippen LogP contribution in [0.4, 0.5) is 0 Å². The summed E-state index contributed by atoms with van der Waals surface area (Å²) in [5.41, 5.74) is 0.411. The van der Waals surface area contributed by atoms with Gasteiger partial charge in [-0.2, -0.15) is 0 Å². The van der Waals surface area contributed by atoms with Gasteiger partial charge in [0.1, 0.15) is 0 Å². The summed E-state index contributed by atoms with van der Waals surface area (Å²) in [5.74, 6) is 0.131. The van der Waals surface area contributed by atoms with Crippen molar-refractivity contribution in [3.05, 3.63) is 0 Å². The average molecular weight is 269 g/mol. The predicted molar refractivity (Wildman–Crippen MR) is 79.3 cm³/mol. The summed E-state index contributed by atoms with van der Waals surface area (Å²) in [4.78, 5) is 13.2. The zero-order chi connectivity index (χ0) is 14.6. The Balaban J connectivity index is 2.52. The number of hydrogen-bond donors (Lipinski definition) is 1. The number of hydrogen-bond acceptors (Lipinski definition) is 2. The number of carboxylic acids is 1. The van der Waals surface area contributed by atoms with Crippen molar-refractivity contribution >= 4 is 5.97 Å². The fraction of sp³-hybridized carbons (Fsp3) is 0.938. The smallest absolute Gasteiger partial charge is 0.304 e. The highest BCUT2D eigenvalue weighted by atomic mass is 16.4. The van der Waals surface area contributed by atoms with E-state index in [0.717, 1.165) is 5.92 Å². The summed E-state index contributed by atoms with van der Waals surface area (Å²) in [7, 11) is 0. The van der Waals surface area contributed by atoms with Gasteiger partial charge in [0.05, 0.1) is 6.42 Å². The third-order valence-corrected chi connectivity index (χ3v) is 4.64. The van der Waals surface area contributed by atoms with Gasteiger partial charge in [0.2, 0.25) is 0 Å². The SMILES string of the molecule is CC(C)N(CCC(=O)O)C1CCC(C(C)(C)C)CC1. The van der Waals surface area contributed by atoms with E-state index in [2.05, 4.69) is 39.5 Å². The molecule has 0 aromatic carbocycles. The molecule has 1 aliphatic rings. The lowest BCUT2D eigenvalue weighted by Crippen LogP contribution is -2.44. The van der Waals surface area contributed by atoms with Gasteiger partial charge < -0.3 is 5.11 Å². The Labute approximate surface area is 118 Å². The third kappa shape index (κ3) is 5.13. The molecule has 3 heteroatoms. The molecule has 1 N–H and O–H groups in total. The molecule has 0 saturated heterocycles. The van der Waals surface area contributed by atoms with Crippen LogP contribution in [0.5, 0.6) is 0 Å². The van der Waals surface area contributed by atoms with Crippen LogP contribution in [0.1, 0.15) is 66.7 Å². The van der Waals surface area contributed by atoms with Gasteiger partial charge in [-0.25, -0.2) is 0 Å². The van der Waals surface area contributed by atoms with Gasteiger partial charge in [-0.05, 0) is 50.9 Å². The van der Waals surface area contributed by atoms with E-state index in [-0.39, 0.29) is 6.42 Å². The summed E-state index contributed by atoms with van der Waals surface area (Å²) in [6.07, 6.45) is 5.27. The van der Waals surface area contributed by atoms with Crippen molar-refractivity contribution in [2.75, 3.05) is 6.54 Å². The van der Waals surface area contributed by atoms with E-state index in [1.165, 1.54) is 25.7 Å². The minimum atomic E-state index is -0.686. The van der Waals surface area contributed by atoms with Crippen molar-refractivity contribution in [2.24, 2.45) is 11.3 Å². The van der Waals surface area contributed by atoms with Crippen LogP contribution in [0.3, 0.4) is 0 Å². The molecule has 0 spiro atoms. The maximum atomic E-state index is 10.8. The highest BCUT2D eigenvalue weighted by molar-refractivity contribution is 5.66. The van der Waals surface area contributed by atoms with Crippen LogP contribution in [-0.4, -0.2) is 34.6 Å². The van der Waals surface area contributed by atoms with Gasteiger partial charge in [0.15, 0.2) is 0 Å². The Hall–Kier alpha value is -0.570. The van der Waals surface area contributed by atoms with E-state index in [4.69, 9.17) is 5.11 Å². The third-order valence-electron chi connectivity index (χ3n) is 4.64. The Morgan fingerprint density at radius 2 is 1.74 bits per heavy atom. The van der Waals surface area contributed by atoms with Crippen molar-refractivity contribution in [3.8, 4) is 0 Å². The van der Waals surface area contributed by atoms with Crippen molar-refractivity contribution < 1.29 is 9.90 Å². The molecule has 1 rings (SSSR count). The normalized spacial score (nSPS) is 25.0. The number of nitrogens with zero attached hydrogens (tertiary/aromatic N) is 1. The van der Waals surface area contributed by atoms with Crippen LogP contribution in [0.25, 0.3) is 0 Å². The van der Waals surface area contributed by atoms with Crippen molar-refractivity contribution in [1.82, 2.24) is 4.90 Å². The molecule has 112 valence electrons. The van der Waals surface area contributed by atoms with Crippen molar-refractivity contribution in [3.63, 3.8) is 0 Å². The topological polar surface area (TPSA) is 40.5 Å². The lowest BCUT2D eigenvalue weighted by molar-refractivity contribution is -0.137. The first-order valence-electron chi connectivity index (χ1n) is 7.69. The molecular weight excluding hydrogens is 238 g/mol. The van der Waals surface area contributed by atoms with Crippen LogP contribution in [0.2, 0.25) is 0 Å². The van der Waals surface area contributed by atoms with E-state index in [1.54, 1.807) is 0 Å². The Bertz CT molecular complexity index is 286. The van der Waals surface area contributed by atoms with E-state index < -0.39 is 5.97 Å². The molecule has 0 aromatic rings. The Kier molecular flexibility index (Phi) is 5.84. The van der Waals surface area contributed by atoms with E-state index >= 15 is 0 Å². The molecule has 0 aliphatic heterocycles. The van der Waals surface area contributed by atoms with Gasteiger partial charge >= 0.3 is 5.97 Å². The zero-order valence-electron chi connectivity index (χ0n) is 13.3. The first-order valence-corrected chi connectivity index (χ1v) is 7.69. The molecule has 3 nitrogen and oxygen atoms in total. The first-order chi connectivity index (χ1) is 8.71. The molecule has 0 amide bonds. The van der Waals surface area contributed by atoms with Crippen LogP contribution in [0, 0.1) is 11.3 Å². The fourth-order valence-corrected chi connectivity index (χ4v) is 3.36. The Morgan fingerprint density at radius 3 is 2.11 bits per heavy atom. The Morgan fingerprint density at radius 1 is 1.21 bits per heavy atom. The highest BCUT2D eigenvalue weighted by Crippen LogP contribution is 2.39. The minimum Gasteiger partial charge on any atom is -0.481 e. The van der Waals surface area contributed by atoms with Gasteiger partial charge in [0.25, 0.3) is 0 Å². The molecular formula is C16H31NO2. The van der Waals surface area contributed by atoms with Gasteiger partial charge in [-0.15, -0.1) is 0 Å². The van der Waals surface area contributed by atoms with E-state index in [9.17, 15) is 4.79 Å². The molecule has 1 saturated carbocycles. The largest absolute Gasteiger partial charge is 0.481 e. The summed E-state index contributed by atoms with van der Waals surface area (Å²) in [6, 6.07) is 1.02. The molecule has 19 heavy (non-hydrogen) atoms. The molecule has 0 bridgehead atoms. The number of carbonyl (C=O) groups is 1. The molecule has 1 aliphatic carbocycles. The first kappa shape index (κ1) is 16.5. The maximum absolute atomic E-state index is 10.8. The number of aliphatic carboxylic acids is 1. The van der Waals surface area contributed by atoms with Gasteiger partial charge in [-0.3, -0.25) is 9.69 Å². The average Bonchev–Trinajstić information content (AvgIpc) is 2.27. The maximum Gasteiger partial charge on any atom is 0.304 e. The van der Waals surface area contributed by atoms with Crippen LogP contribution < -0.4 is 0 Å². The molecule has 1 fully saturated rings. The molecule has 0 atom stereocenters. The van der Waals surface area contributed by atoms with E-state index in [1.807, 2.05) is 0 Å². The zero-order valence-corrected chi connectivity index (χ0v) is 13.3. The van der Waals surface area contributed by atoms with Crippen LogP contribution in [-0.2, 0) is 4.79 Å². The quantitative estimate of drug-likeness (QED) is 0.825. The van der Waals surface area contributed by atoms with Crippen molar-refractivity contribution in [1.29, 1.82) is 0 Å².